The number of carbonyl (C=O) groups excluding carboxylic acids is 2. The molecule has 0 fully saturated rings. The standard InChI is InChI=1S/C25H18ClIN4O3/c1-34-23-12-10-19(15-29-23)31(27)25(33)17-7-5-16(6-8-17)24(32)30-18-9-11-21(26)20(14-18)22-4-2-3-13-28-22/h2-15H,1H3,(H,30,32). The highest BCUT2D eigenvalue weighted by Crippen LogP contribution is 2.29. The highest BCUT2D eigenvalue weighted by atomic mass is 127. The third-order valence-corrected chi connectivity index (χ3v) is 6.22. The van der Waals surface area contributed by atoms with Crippen LogP contribution < -0.4 is 13.2 Å². The first-order chi connectivity index (χ1) is 16.5. The van der Waals surface area contributed by atoms with Crippen molar-refractivity contribution in [3.63, 3.8) is 0 Å². The first-order valence-corrected chi connectivity index (χ1v) is 11.4. The number of ether oxygens (including phenoxy) is 1. The van der Waals surface area contributed by atoms with Crippen molar-refractivity contribution in [2.45, 2.75) is 0 Å². The van der Waals surface area contributed by atoms with E-state index in [2.05, 4.69) is 15.3 Å². The zero-order chi connectivity index (χ0) is 24.1. The van der Waals surface area contributed by atoms with Crippen molar-refractivity contribution in [3.8, 4) is 17.1 Å². The lowest BCUT2D eigenvalue weighted by molar-refractivity contribution is 0.100. The Morgan fingerprint density at radius 3 is 2.38 bits per heavy atom. The van der Waals surface area contributed by atoms with Gasteiger partial charge in [0.05, 0.1) is 52.6 Å². The van der Waals surface area contributed by atoms with E-state index in [9.17, 15) is 9.59 Å². The number of nitrogens with zero attached hydrogens (tertiary/aromatic N) is 3. The van der Waals surface area contributed by atoms with Gasteiger partial charge in [-0.25, -0.2) is 8.10 Å². The second kappa shape index (κ2) is 10.6. The van der Waals surface area contributed by atoms with Crippen LogP contribution in [-0.4, -0.2) is 28.9 Å². The third-order valence-electron chi connectivity index (χ3n) is 4.89. The summed E-state index contributed by atoms with van der Waals surface area (Å²) in [5.41, 5.74) is 3.47. The molecule has 0 saturated carbocycles. The van der Waals surface area contributed by atoms with Crippen LogP contribution in [0.4, 0.5) is 11.4 Å². The fourth-order valence-corrected chi connectivity index (χ4v) is 3.91. The van der Waals surface area contributed by atoms with E-state index in [0.29, 0.717) is 39.1 Å². The zero-order valence-corrected chi connectivity index (χ0v) is 20.8. The van der Waals surface area contributed by atoms with Gasteiger partial charge in [0.25, 0.3) is 11.8 Å². The lowest BCUT2D eigenvalue weighted by Gasteiger charge is -2.15. The Kier molecular flexibility index (Phi) is 7.39. The number of anilines is 2. The van der Waals surface area contributed by atoms with Crippen LogP contribution in [0.1, 0.15) is 20.7 Å². The Bertz CT molecular complexity index is 1320. The largest absolute Gasteiger partial charge is 0.481 e. The monoisotopic (exact) mass is 584 g/mol. The molecule has 1 N–H and O–H groups in total. The number of methoxy groups -OCH3 is 1. The molecule has 0 unspecified atom stereocenters. The summed E-state index contributed by atoms with van der Waals surface area (Å²) < 4.78 is 6.49. The summed E-state index contributed by atoms with van der Waals surface area (Å²) in [6, 6.07) is 20.6. The van der Waals surface area contributed by atoms with E-state index in [1.54, 1.807) is 67.0 Å². The van der Waals surface area contributed by atoms with Crippen LogP contribution in [0.5, 0.6) is 5.88 Å². The van der Waals surface area contributed by atoms with E-state index < -0.39 is 0 Å². The number of aromatic nitrogens is 2. The summed E-state index contributed by atoms with van der Waals surface area (Å²) in [5, 5.41) is 3.40. The second-order valence-electron chi connectivity index (χ2n) is 7.09. The van der Waals surface area contributed by atoms with Gasteiger partial charge in [0.2, 0.25) is 5.88 Å². The summed E-state index contributed by atoms with van der Waals surface area (Å²) in [6.07, 6.45) is 3.23. The molecule has 4 rings (SSSR count). The van der Waals surface area contributed by atoms with Gasteiger partial charge in [-0.15, -0.1) is 0 Å². The topological polar surface area (TPSA) is 84.4 Å². The smallest absolute Gasteiger partial charge is 0.267 e. The van der Waals surface area contributed by atoms with Crippen molar-refractivity contribution >= 4 is 57.7 Å². The molecule has 0 spiro atoms. The van der Waals surface area contributed by atoms with Gasteiger partial charge in [-0.05, 0) is 60.7 Å². The maximum Gasteiger partial charge on any atom is 0.267 e. The molecule has 34 heavy (non-hydrogen) atoms. The van der Waals surface area contributed by atoms with E-state index in [0.717, 1.165) is 5.56 Å². The molecule has 0 radical (unpaired) electrons. The van der Waals surface area contributed by atoms with Crippen LogP contribution in [-0.2, 0) is 0 Å². The molecular formula is C25H18ClIN4O3. The summed E-state index contributed by atoms with van der Waals surface area (Å²) in [6.45, 7) is 0. The number of hydrogen-bond acceptors (Lipinski definition) is 5. The SMILES string of the molecule is COc1ccc(N(I)C(=O)c2ccc(C(=O)Nc3ccc(Cl)c(-c4ccccn4)c3)cc2)cn1. The van der Waals surface area contributed by atoms with Crippen LogP contribution in [0.15, 0.2) is 85.2 Å². The normalized spacial score (nSPS) is 10.4. The maximum absolute atomic E-state index is 12.8. The van der Waals surface area contributed by atoms with Crippen LogP contribution in [0.2, 0.25) is 5.02 Å². The number of rotatable bonds is 6. The number of carbonyl (C=O) groups is 2. The first kappa shape index (κ1) is 23.7. The number of halogens is 2. The lowest BCUT2D eigenvalue weighted by atomic mass is 10.1. The van der Waals surface area contributed by atoms with Gasteiger partial charge in [0, 0.05) is 34.6 Å². The Morgan fingerprint density at radius 1 is 0.971 bits per heavy atom. The van der Waals surface area contributed by atoms with Crippen molar-refractivity contribution in [2.75, 3.05) is 15.5 Å². The summed E-state index contributed by atoms with van der Waals surface area (Å²) in [7, 11) is 1.53. The molecule has 9 heteroatoms. The average molecular weight is 585 g/mol. The van der Waals surface area contributed by atoms with E-state index in [4.69, 9.17) is 16.3 Å². The molecule has 0 saturated heterocycles. The summed E-state index contributed by atoms with van der Waals surface area (Å²) in [5.74, 6) is -0.0830. The predicted octanol–water partition coefficient (Wildman–Crippen LogP) is 6.05. The molecule has 0 aliphatic heterocycles. The third kappa shape index (κ3) is 5.35. The number of amides is 2. The summed E-state index contributed by atoms with van der Waals surface area (Å²) >= 11 is 8.23. The molecule has 170 valence electrons. The summed E-state index contributed by atoms with van der Waals surface area (Å²) in [4.78, 5) is 34.0. The minimum Gasteiger partial charge on any atom is -0.481 e. The minimum absolute atomic E-state index is 0.239. The fourth-order valence-electron chi connectivity index (χ4n) is 3.13. The molecule has 0 aliphatic rings. The van der Waals surface area contributed by atoms with Gasteiger partial charge in [-0.1, -0.05) is 17.7 Å². The molecular weight excluding hydrogens is 567 g/mol. The molecule has 0 atom stereocenters. The molecule has 2 aromatic heterocycles. The Labute approximate surface area is 215 Å². The van der Waals surface area contributed by atoms with Crippen molar-refractivity contribution in [3.05, 3.63) is 101 Å². The van der Waals surface area contributed by atoms with E-state index in [1.165, 1.54) is 10.2 Å². The molecule has 7 nitrogen and oxygen atoms in total. The van der Waals surface area contributed by atoms with Crippen molar-refractivity contribution in [2.24, 2.45) is 0 Å². The quantitative estimate of drug-likeness (QED) is 0.220. The lowest BCUT2D eigenvalue weighted by Crippen LogP contribution is -2.20. The van der Waals surface area contributed by atoms with Gasteiger partial charge in [0.1, 0.15) is 0 Å². The fraction of sp³-hybridized carbons (Fsp3) is 0.0400. The number of nitrogens with one attached hydrogen (secondary N) is 1. The van der Waals surface area contributed by atoms with Crippen molar-refractivity contribution < 1.29 is 14.3 Å². The second-order valence-corrected chi connectivity index (χ2v) is 8.46. The molecule has 2 amide bonds. The van der Waals surface area contributed by atoms with E-state index >= 15 is 0 Å². The van der Waals surface area contributed by atoms with Gasteiger partial charge in [-0.3, -0.25) is 14.6 Å². The first-order valence-electron chi connectivity index (χ1n) is 10.1. The van der Waals surface area contributed by atoms with Gasteiger partial charge in [-0.2, -0.15) is 0 Å². The maximum atomic E-state index is 12.8. The van der Waals surface area contributed by atoms with Crippen molar-refractivity contribution in [1.29, 1.82) is 0 Å². The number of hydrogen-bond donors (Lipinski definition) is 1. The van der Waals surface area contributed by atoms with Crippen LogP contribution in [0.25, 0.3) is 11.3 Å². The van der Waals surface area contributed by atoms with Crippen LogP contribution in [0.3, 0.4) is 0 Å². The molecule has 0 aliphatic carbocycles. The Hall–Kier alpha value is -3.50. The highest BCUT2D eigenvalue weighted by Gasteiger charge is 2.17. The Balaban J connectivity index is 1.46. The average Bonchev–Trinajstić information content (AvgIpc) is 2.89. The minimum atomic E-state index is -0.307. The molecule has 4 aromatic rings. The molecule has 2 aromatic carbocycles. The molecule has 0 bridgehead atoms. The number of pyridine rings is 2. The van der Waals surface area contributed by atoms with E-state index in [1.807, 2.05) is 41.1 Å². The Morgan fingerprint density at radius 2 is 1.74 bits per heavy atom. The molecule has 2 heterocycles. The highest BCUT2D eigenvalue weighted by molar-refractivity contribution is 14.1. The van der Waals surface area contributed by atoms with E-state index in [-0.39, 0.29) is 11.8 Å². The van der Waals surface area contributed by atoms with Crippen molar-refractivity contribution in [1.82, 2.24) is 9.97 Å². The number of benzene rings is 2. The van der Waals surface area contributed by atoms with Crippen LogP contribution in [0, 0.1) is 0 Å². The van der Waals surface area contributed by atoms with Crippen LogP contribution >= 0.6 is 34.5 Å². The van der Waals surface area contributed by atoms with Gasteiger partial charge in [0.15, 0.2) is 0 Å². The predicted molar refractivity (Wildman–Crippen MR) is 141 cm³/mol. The zero-order valence-electron chi connectivity index (χ0n) is 17.9. The van der Waals surface area contributed by atoms with Gasteiger partial charge >= 0.3 is 0 Å². The van der Waals surface area contributed by atoms with Gasteiger partial charge < -0.3 is 10.1 Å².